The second-order valence-electron chi connectivity index (χ2n) is 4.89. The van der Waals surface area contributed by atoms with Gasteiger partial charge in [-0.15, -0.1) is 0 Å². The van der Waals surface area contributed by atoms with E-state index in [0.29, 0.717) is 13.2 Å². The van der Waals surface area contributed by atoms with Crippen molar-refractivity contribution in [2.75, 3.05) is 13.2 Å². The highest BCUT2D eigenvalue weighted by Gasteiger charge is 2.34. The van der Waals surface area contributed by atoms with E-state index in [1.165, 1.54) is 0 Å². The maximum Gasteiger partial charge on any atom is 0.307 e. The fourth-order valence-corrected chi connectivity index (χ4v) is 2.95. The number of ether oxygens (including phenoxy) is 2. The smallest absolute Gasteiger partial charge is 0.307 e. The Kier molecular flexibility index (Phi) is 2.86. The molecule has 1 N–H and O–H groups in total. The summed E-state index contributed by atoms with van der Waals surface area (Å²) < 4.78 is 11.0. The molecule has 1 aromatic rings. The van der Waals surface area contributed by atoms with Gasteiger partial charge < -0.3 is 14.6 Å². The zero-order valence-electron chi connectivity index (χ0n) is 10.1. The highest BCUT2D eigenvalue weighted by molar-refractivity contribution is 5.72. The van der Waals surface area contributed by atoms with Gasteiger partial charge in [0.05, 0.1) is 5.92 Å². The highest BCUT2D eigenvalue weighted by atomic mass is 16.6. The number of benzene rings is 1. The summed E-state index contributed by atoms with van der Waals surface area (Å²) in [6.07, 6.45) is 2.70. The Morgan fingerprint density at radius 2 is 1.94 bits per heavy atom. The van der Waals surface area contributed by atoms with E-state index in [2.05, 4.69) is 0 Å². The van der Waals surface area contributed by atoms with Crippen molar-refractivity contribution < 1.29 is 19.4 Å². The molecule has 1 fully saturated rings. The summed E-state index contributed by atoms with van der Waals surface area (Å²) in [7, 11) is 0. The third kappa shape index (κ3) is 1.92. The molecule has 96 valence electrons. The molecule has 0 amide bonds. The molecule has 4 heteroatoms. The van der Waals surface area contributed by atoms with Crippen LogP contribution in [0.2, 0.25) is 0 Å². The standard InChI is InChI=1S/C14H16O4/c15-14(16)11-3-1-2-10(11)9-4-5-12-13(8-9)18-7-6-17-12/h4-5,8,10-11H,1-3,6-7H2,(H,15,16). The minimum absolute atomic E-state index is 0.110. The molecule has 0 aromatic heterocycles. The van der Waals surface area contributed by atoms with Gasteiger partial charge >= 0.3 is 5.97 Å². The van der Waals surface area contributed by atoms with Crippen molar-refractivity contribution in [2.45, 2.75) is 25.2 Å². The number of carboxylic acids is 1. The van der Waals surface area contributed by atoms with Crippen LogP contribution in [0.1, 0.15) is 30.7 Å². The van der Waals surface area contributed by atoms with Crippen molar-refractivity contribution in [3.63, 3.8) is 0 Å². The van der Waals surface area contributed by atoms with Crippen LogP contribution in [0.4, 0.5) is 0 Å². The molecule has 1 aliphatic carbocycles. The molecule has 3 rings (SSSR count). The second-order valence-corrected chi connectivity index (χ2v) is 4.89. The van der Waals surface area contributed by atoms with E-state index in [4.69, 9.17) is 9.47 Å². The van der Waals surface area contributed by atoms with Gasteiger partial charge in [0.25, 0.3) is 0 Å². The average molecular weight is 248 g/mol. The monoisotopic (exact) mass is 248 g/mol. The van der Waals surface area contributed by atoms with E-state index < -0.39 is 5.97 Å². The van der Waals surface area contributed by atoms with Crippen molar-refractivity contribution in [1.29, 1.82) is 0 Å². The molecule has 4 nitrogen and oxygen atoms in total. The number of rotatable bonds is 2. The number of carboxylic acid groups (broad SMARTS) is 1. The van der Waals surface area contributed by atoms with Crippen LogP contribution in [0.3, 0.4) is 0 Å². The molecule has 1 aliphatic heterocycles. The summed E-state index contributed by atoms with van der Waals surface area (Å²) in [6, 6.07) is 5.81. The lowest BCUT2D eigenvalue weighted by molar-refractivity contribution is -0.142. The van der Waals surface area contributed by atoms with Crippen LogP contribution < -0.4 is 9.47 Å². The van der Waals surface area contributed by atoms with Crippen LogP contribution in [0, 0.1) is 5.92 Å². The van der Waals surface area contributed by atoms with Crippen molar-refractivity contribution in [1.82, 2.24) is 0 Å². The van der Waals surface area contributed by atoms with Gasteiger partial charge in [-0.05, 0) is 36.5 Å². The van der Waals surface area contributed by atoms with Crippen LogP contribution in [-0.4, -0.2) is 24.3 Å². The first-order valence-corrected chi connectivity index (χ1v) is 6.38. The lowest BCUT2D eigenvalue weighted by atomic mass is 9.89. The van der Waals surface area contributed by atoms with E-state index in [1.807, 2.05) is 18.2 Å². The van der Waals surface area contributed by atoms with Gasteiger partial charge in [-0.1, -0.05) is 12.5 Å². The second kappa shape index (κ2) is 4.52. The van der Waals surface area contributed by atoms with Crippen molar-refractivity contribution in [2.24, 2.45) is 5.92 Å². The molecular weight excluding hydrogens is 232 g/mol. The number of carbonyl (C=O) groups is 1. The molecule has 0 radical (unpaired) electrons. The van der Waals surface area contributed by atoms with Gasteiger partial charge in [-0.3, -0.25) is 4.79 Å². The minimum atomic E-state index is -0.688. The maximum absolute atomic E-state index is 11.2. The Bertz CT molecular complexity index is 469. The summed E-state index contributed by atoms with van der Waals surface area (Å²) in [6.45, 7) is 1.14. The van der Waals surface area contributed by atoms with E-state index >= 15 is 0 Å². The van der Waals surface area contributed by atoms with Crippen LogP contribution in [-0.2, 0) is 4.79 Å². The van der Waals surface area contributed by atoms with Crippen LogP contribution in [0.25, 0.3) is 0 Å². The molecule has 2 atom stereocenters. The van der Waals surface area contributed by atoms with Crippen LogP contribution in [0.5, 0.6) is 11.5 Å². The first-order chi connectivity index (χ1) is 8.75. The fourth-order valence-electron chi connectivity index (χ4n) is 2.95. The van der Waals surface area contributed by atoms with Crippen molar-refractivity contribution in [3.8, 4) is 11.5 Å². The average Bonchev–Trinajstić information content (AvgIpc) is 2.87. The van der Waals surface area contributed by atoms with E-state index in [9.17, 15) is 9.90 Å². The Morgan fingerprint density at radius 3 is 2.72 bits per heavy atom. The van der Waals surface area contributed by atoms with Gasteiger partial charge in [-0.25, -0.2) is 0 Å². The number of fused-ring (bicyclic) bond motifs is 1. The zero-order chi connectivity index (χ0) is 12.5. The zero-order valence-corrected chi connectivity index (χ0v) is 10.1. The Hall–Kier alpha value is -1.71. The van der Waals surface area contributed by atoms with Gasteiger partial charge in [0.1, 0.15) is 13.2 Å². The van der Waals surface area contributed by atoms with Gasteiger partial charge in [-0.2, -0.15) is 0 Å². The van der Waals surface area contributed by atoms with E-state index in [-0.39, 0.29) is 11.8 Å². The lowest BCUT2D eigenvalue weighted by Crippen LogP contribution is -2.18. The predicted octanol–water partition coefficient (Wildman–Crippen LogP) is 2.43. The van der Waals surface area contributed by atoms with Crippen LogP contribution in [0.15, 0.2) is 18.2 Å². The van der Waals surface area contributed by atoms with E-state index in [1.54, 1.807) is 0 Å². The fraction of sp³-hybridized carbons (Fsp3) is 0.500. The molecule has 1 aromatic carbocycles. The highest BCUT2D eigenvalue weighted by Crippen LogP contribution is 2.42. The number of hydrogen-bond donors (Lipinski definition) is 1. The normalized spacial score (nSPS) is 26.0. The largest absolute Gasteiger partial charge is 0.486 e. The Balaban J connectivity index is 1.90. The molecule has 18 heavy (non-hydrogen) atoms. The molecule has 2 aliphatic rings. The first-order valence-electron chi connectivity index (χ1n) is 6.38. The maximum atomic E-state index is 11.2. The van der Waals surface area contributed by atoms with Crippen LogP contribution >= 0.6 is 0 Å². The van der Waals surface area contributed by atoms with E-state index in [0.717, 1.165) is 36.3 Å². The number of aliphatic carboxylic acids is 1. The Morgan fingerprint density at radius 1 is 1.17 bits per heavy atom. The molecule has 1 saturated carbocycles. The SMILES string of the molecule is O=C(O)C1CCCC1c1ccc2c(c1)OCCO2. The summed E-state index contributed by atoms with van der Waals surface area (Å²) in [5.41, 5.74) is 1.06. The van der Waals surface area contributed by atoms with Crippen molar-refractivity contribution >= 4 is 5.97 Å². The third-order valence-corrected chi connectivity index (χ3v) is 3.83. The van der Waals surface area contributed by atoms with Gasteiger partial charge in [0.15, 0.2) is 11.5 Å². The Labute approximate surface area is 106 Å². The first kappa shape index (κ1) is 11.4. The quantitative estimate of drug-likeness (QED) is 0.873. The summed E-state index contributed by atoms with van der Waals surface area (Å²) in [4.78, 5) is 11.2. The summed E-state index contributed by atoms with van der Waals surface area (Å²) >= 11 is 0. The summed E-state index contributed by atoms with van der Waals surface area (Å²) in [5, 5.41) is 9.23. The molecule has 0 bridgehead atoms. The molecule has 2 unspecified atom stereocenters. The minimum Gasteiger partial charge on any atom is -0.486 e. The predicted molar refractivity (Wildman–Crippen MR) is 65.1 cm³/mol. The van der Waals surface area contributed by atoms with Gasteiger partial charge in [0, 0.05) is 0 Å². The topological polar surface area (TPSA) is 55.8 Å². The third-order valence-electron chi connectivity index (χ3n) is 3.83. The lowest BCUT2D eigenvalue weighted by Gasteiger charge is -2.21. The van der Waals surface area contributed by atoms with Gasteiger partial charge in [0.2, 0.25) is 0 Å². The molecular formula is C14H16O4. The molecule has 1 heterocycles. The molecule has 0 saturated heterocycles. The van der Waals surface area contributed by atoms with Crippen molar-refractivity contribution in [3.05, 3.63) is 23.8 Å². The molecule has 0 spiro atoms. The number of hydrogen-bond acceptors (Lipinski definition) is 3. The summed E-state index contributed by atoms with van der Waals surface area (Å²) in [5.74, 6) is 0.669.